The van der Waals surface area contributed by atoms with E-state index in [1.165, 1.54) is 0 Å². The molecule has 0 saturated carbocycles. The number of aliphatic hydroxyl groups excluding tert-OH is 13. The molecule has 13 N–H and O–H groups in total. The third kappa shape index (κ3) is 11.2. The van der Waals surface area contributed by atoms with Crippen LogP contribution >= 0.6 is 0 Å². The predicted octanol–water partition coefficient (Wildman–Crippen LogP) is -12.2. The summed E-state index contributed by atoms with van der Waals surface area (Å²) in [5.41, 5.74) is 0. The summed E-state index contributed by atoms with van der Waals surface area (Å²) in [6, 6.07) is 0. The molecule has 0 spiro atoms. The van der Waals surface area contributed by atoms with E-state index in [1.54, 1.807) is 0 Å². The molecule has 0 aliphatic carbocycles. The normalized spacial score (nSPS) is 29.7. The Kier molecular flexibility index (Phi) is 19.7. The van der Waals surface area contributed by atoms with Crippen molar-refractivity contribution in [1.82, 2.24) is 0 Å². The molecular weight excluding hydrogens is 560 g/mol. The zero-order chi connectivity index (χ0) is 29.2. The fourth-order valence-corrected chi connectivity index (χ4v) is 2.82. The van der Waals surface area contributed by atoms with Crippen LogP contribution in [0, 0.1) is 0 Å². The molecule has 38 heavy (non-hydrogen) atoms. The standard InChI is InChI=1S/C12H22O12.C6H12O7.Ca/c13-1-3(15)10(7(18)8(19)11(21)22)24-12-9(20)6(17)5(16)4(2-14)23-12;7-1-2(8)3(9)4(10)5(11)6(12)13;/h3-10,12-20H,1-2H2,(H,21,22);2-5,7-11H,1H2,(H,12,13);/q;;+2/p-2/t3-,4-,5+,6-,7-,8-,9-,10-,12+;2-,3-,4+,5-;/m11./s1. The number of carboxylic acids is 2. The summed E-state index contributed by atoms with van der Waals surface area (Å²) in [5.74, 6) is -4.06. The number of rotatable bonds is 13. The molecule has 1 aliphatic rings. The van der Waals surface area contributed by atoms with Crippen LogP contribution < -0.4 is 10.2 Å². The minimum Gasteiger partial charge on any atom is -0.547 e. The second-order valence-electron chi connectivity index (χ2n) is 7.80. The Labute approximate surface area is 244 Å². The Balaban J connectivity index is 0. The maximum atomic E-state index is 10.6. The van der Waals surface area contributed by atoms with Gasteiger partial charge in [0.15, 0.2) is 6.29 Å². The molecule has 1 heterocycles. The van der Waals surface area contributed by atoms with Gasteiger partial charge in [-0.25, -0.2) is 0 Å². The molecule has 0 aromatic rings. The minimum absolute atomic E-state index is 0. The van der Waals surface area contributed by atoms with Gasteiger partial charge in [-0.3, -0.25) is 0 Å². The molecule has 0 radical (unpaired) electrons. The van der Waals surface area contributed by atoms with Crippen molar-refractivity contribution >= 4 is 49.7 Å². The first-order valence-corrected chi connectivity index (χ1v) is 10.4. The Hall–Kier alpha value is -0.400. The van der Waals surface area contributed by atoms with E-state index in [9.17, 15) is 50.4 Å². The monoisotopic (exact) mass is 592 g/mol. The molecule has 20 heteroatoms. The molecule has 0 aromatic heterocycles. The molecule has 1 fully saturated rings. The average molecular weight is 593 g/mol. The second-order valence-corrected chi connectivity index (χ2v) is 7.80. The number of carboxylic acid groups (broad SMARTS) is 2. The van der Waals surface area contributed by atoms with Crippen LogP contribution in [-0.2, 0) is 19.1 Å². The Morgan fingerprint density at radius 3 is 1.55 bits per heavy atom. The molecule has 220 valence electrons. The van der Waals surface area contributed by atoms with Gasteiger partial charge in [-0.1, -0.05) is 0 Å². The van der Waals surface area contributed by atoms with E-state index in [2.05, 4.69) is 0 Å². The van der Waals surface area contributed by atoms with Crippen LogP contribution in [0.5, 0.6) is 0 Å². The summed E-state index contributed by atoms with van der Waals surface area (Å²) in [4.78, 5) is 20.6. The van der Waals surface area contributed by atoms with Gasteiger partial charge in [0.1, 0.15) is 73.2 Å². The second kappa shape index (κ2) is 18.9. The van der Waals surface area contributed by atoms with E-state index in [4.69, 9.17) is 45.2 Å². The number of carbonyl (C=O) groups is 2. The van der Waals surface area contributed by atoms with Crippen molar-refractivity contribution in [3.63, 3.8) is 0 Å². The molecule has 1 aliphatic heterocycles. The molecule has 0 unspecified atom stereocenters. The molecule has 0 amide bonds. The first kappa shape index (κ1) is 39.7. The van der Waals surface area contributed by atoms with Gasteiger partial charge in [-0.2, -0.15) is 0 Å². The Bertz CT molecular complexity index is 684. The average Bonchev–Trinajstić information content (AvgIpc) is 2.88. The van der Waals surface area contributed by atoms with Crippen LogP contribution in [0.2, 0.25) is 0 Å². The molecule has 0 bridgehead atoms. The summed E-state index contributed by atoms with van der Waals surface area (Å²) >= 11 is 0. The van der Waals surface area contributed by atoms with E-state index in [-0.39, 0.29) is 37.7 Å². The van der Waals surface area contributed by atoms with E-state index >= 15 is 0 Å². The fourth-order valence-electron chi connectivity index (χ4n) is 2.82. The van der Waals surface area contributed by atoms with E-state index in [0.717, 1.165) is 0 Å². The summed E-state index contributed by atoms with van der Waals surface area (Å²) in [6.45, 7) is -2.65. The zero-order valence-electron chi connectivity index (χ0n) is 19.6. The first-order valence-electron chi connectivity index (χ1n) is 10.4. The van der Waals surface area contributed by atoms with Gasteiger partial charge in [-0.05, 0) is 0 Å². The molecule has 13 atom stereocenters. The quantitative estimate of drug-likeness (QED) is 0.0882. The van der Waals surface area contributed by atoms with Gasteiger partial charge in [-0.15, -0.1) is 0 Å². The van der Waals surface area contributed by atoms with Crippen molar-refractivity contribution in [1.29, 1.82) is 0 Å². The largest absolute Gasteiger partial charge is 2.00 e. The third-order valence-corrected chi connectivity index (χ3v) is 5.10. The Morgan fingerprint density at radius 2 is 1.16 bits per heavy atom. The van der Waals surface area contributed by atoms with Crippen molar-refractivity contribution in [2.24, 2.45) is 0 Å². The number of ether oxygens (including phenoxy) is 2. The number of hydrogen-bond donors (Lipinski definition) is 13. The fraction of sp³-hybridized carbons (Fsp3) is 0.889. The van der Waals surface area contributed by atoms with Gasteiger partial charge in [0.25, 0.3) is 0 Å². The number of aliphatic hydroxyl groups is 13. The zero-order valence-corrected chi connectivity index (χ0v) is 21.8. The number of hydrogen-bond acceptors (Lipinski definition) is 19. The molecule has 1 saturated heterocycles. The topological polar surface area (TPSA) is 362 Å². The van der Waals surface area contributed by atoms with Gasteiger partial charge < -0.3 is 95.7 Å². The maximum absolute atomic E-state index is 10.6. The molecular formula is C18H32CaO19. The SMILES string of the molecule is O=C([O-])[C@H](O)[C@@H](O)[C@H](O)[C@H](O)CO.O=C([O-])[C@H](O)[C@@H](O)[C@H](O[C@@H]1O[C@H](CO)[C@H](O)[C@@H](O)[C@H]1O)[C@H](O)CO.[Ca+2]. The first-order chi connectivity index (χ1) is 17.1. The smallest absolute Gasteiger partial charge is 0.547 e. The van der Waals surface area contributed by atoms with Crippen molar-refractivity contribution in [3.8, 4) is 0 Å². The van der Waals surface area contributed by atoms with Crippen LogP contribution in [0.25, 0.3) is 0 Å². The van der Waals surface area contributed by atoms with Crippen LogP contribution in [-0.4, -0.2) is 215 Å². The van der Waals surface area contributed by atoms with E-state index in [0.29, 0.717) is 0 Å². The van der Waals surface area contributed by atoms with E-state index < -0.39 is 111 Å². The van der Waals surface area contributed by atoms with Gasteiger partial charge in [0.05, 0.1) is 31.8 Å². The summed E-state index contributed by atoms with van der Waals surface area (Å²) < 4.78 is 9.94. The van der Waals surface area contributed by atoms with Gasteiger partial charge in [0, 0.05) is 0 Å². The molecule has 0 aromatic carbocycles. The van der Waals surface area contributed by atoms with E-state index in [1.807, 2.05) is 0 Å². The van der Waals surface area contributed by atoms with Crippen molar-refractivity contribution in [2.75, 3.05) is 19.8 Å². The van der Waals surface area contributed by atoms with Crippen LogP contribution in [0.3, 0.4) is 0 Å². The number of carbonyl (C=O) groups excluding carboxylic acids is 2. The molecule has 1 rings (SSSR count). The summed E-state index contributed by atoms with van der Waals surface area (Å²) in [6.07, 6.45) is -25.3. The third-order valence-electron chi connectivity index (χ3n) is 5.10. The molecule has 19 nitrogen and oxygen atoms in total. The van der Waals surface area contributed by atoms with Crippen molar-refractivity contribution in [2.45, 2.75) is 79.5 Å². The van der Waals surface area contributed by atoms with Gasteiger partial charge >= 0.3 is 37.7 Å². The van der Waals surface area contributed by atoms with Crippen molar-refractivity contribution in [3.05, 3.63) is 0 Å². The maximum Gasteiger partial charge on any atom is 2.00 e. The minimum atomic E-state index is -2.50. The van der Waals surface area contributed by atoms with Crippen LogP contribution in [0.1, 0.15) is 0 Å². The van der Waals surface area contributed by atoms with Gasteiger partial charge in [0.2, 0.25) is 0 Å². The Morgan fingerprint density at radius 1 is 0.711 bits per heavy atom. The predicted molar refractivity (Wildman–Crippen MR) is 111 cm³/mol. The number of aliphatic carboxylic acids is 2. The summed E-state index contributed by atoms with van der Waals surface area (Å²) in [7, 11) is 0. The van der Waals surface area contributed by atoms with Crippen LogP contribution in [0.4, 0.5) is 0 Å². The van der Waals surface area contributed by atoms with Crippen molar-refractivity contribution < 1.29 is 95.7 Å². The van der Waals surface area contributed by atoms with Crippen LogP contribution in [0.15, 0.2) is 0 Å². The summed E-state index contributed by atoms with van der Waals surface area (Å²) in [5, 5.41) is 140.